The molecule has 0 aromatic carbocycles. The van der Waals surface area contributed by atoms with Crippen molar-refractivity contribution in [3.63, 3.8) is 0 Å². The van der Waals surface area contributed by atoms with E-state index in [-0.39, 0.29) is 17.6 Å². The van der Waals surface area contributed by atoms with Crippen molar-refractivity contribution in [1.29, 1.82) is 0 Å². The van der Waals surface area contributed by atoms with E-state index in [1.165, 1.54) is 18.4 Å². The second-order valence-corrected chi connectivity index (χ2v) is 8.57. The van der Waals surface area contributed by atoms with Gasteiger partial charge in [-0.25, -0.2) is 9.97 Å². The van der Waals surface area contributed by atoms with Gasteiger partial charge in [-0.1, -0.05) is 0 Å². The topological polar surface area (TPSA) is 81.7 Å². The van der Waals surface area contributed by atoms with Gasteiger partial charge >= 0.3 is 6.18 Å². The molecule has 1 unspecified atom stereocenters. The Kier molecular flexibility index (Phi) is 4.59. The lowest BCUT2D eigenvalue weighted by Crippen LogP contribution is -2.39. The molecule has 32 heavy (non-hydrogen) atoms. The average Bonchev–Trinajstić information content (AvgIpc) is 3.43. The molecule has 1 aliphatic rings. The number of aromatic nitrogens is 6. The van der Waals surface area contributed by atoms with Crippen LogP contribution in [0.3, 0.4) is 0 Å². The molecular weight excluding hydrogens is 443 g/mol. The van der Waals surface area contributed by atoms with Gasteiger partial charge in [0, 0.05) is 26.2 Å². The molecule has 0 N–H and O–H groups in total. The summed E-state index contributed by atoms with van der Waals surface area (Å²) in [4.78, 5) is 23.3. The van der Waals surface area contributed by atoms with Gasteiger partial charge in [0.2, 0.25) is 0 Å². The van der Waals surface area contributed by atoms with E-state index in [0.717, 1.165) is 26.5 Å². The van der Waals surface area contributed by atoms with Gasteiger partial charge in [0.15, 0.2) is 0 Å². The van der Waals surface area contributed by atoms with Crippen molar-refractivity contribution in [3.05, 3.63) is 46.5 Å². The number of hydrogen-bond acceptors (Lipinski definition) is 6. The largest absolute Gasteiger partial charge is 0.433 e. The standard InChI is InChI=1S/C20H18F3N7OS/c1-10-17-11(18(29(3)27-17)12-7-16(20(21,22)23)28(2)26-12)4-5-30(10)19(31)13-6-15-14(8-24-13)25-9-32-15/h6-10H,4-5H2,1-3H3. The summed E-state index contributed by atoms with van der Waals surface area (Å²) in [5.41, 5.74) is 4.15. The minimum atomic E-state index is -4.50. The Labute approximate surface area is 184 Å². The lowest BCUT2D eigenvalue weighted by Gasteiger charge is -2.32. The predicted octanol–water partition coefficient (Wildman–Crippen LogP) is 3.60. The Morgan fingerprint density at radius 2 is 1.94 bits per heavy atom. The molecule has 12 heteroatoms. The fourth-order valence-electron chi connectivity index (χ4n) is 4.22. The number of amides is 1. The number of nitrogens with zero attached hydrogens (tertiary/aromatic N) is 7. The highest BCUT2D eigenvalue weighted by Crippen LogP contribution is 2.38. The SMILES string of the molecule is CC1c2nn(C)c(-c3cc(C(F)(F)F)n(C)n3)c2CCN1C(=O)c1cc2scnc2cn1. The first-order chi connectivity index (χ1) is 15.1. The maximum atomic E-state index is 13.2. The van der Waals surface area contributed by atoms with Crippen molar-refractivity contribution in [2.24, 2.45) is 14.1 Å². The number of carbonyl (C=O) groups excluding carboxylic acids is 1. The molecule has 0 fully saturated rings. The molecule has 5 heterocycles. The van der Waals surface area contributed by atoms with Crippen LogP contribution in [-0.4, -0.2) is 46.9 Å². The smallest absolute Gasteiger partial charge is 0.329 e. The molecule has 0 spiro atoms. The van der Waals surface area contributed by atoms with Gasteiger partial charge in [-0.3, -0.25) is 14.2 Å². The average molecular weight is 461 g/mol. The first-order valence-corrected chi connectivity index (χ1v) is 10.7. The summed E-state index contributed by atoms with van der Waals surface area (Å²) in [6.07, 6.45) is -2.46. The summed E-state index contributed by atoms with van der Waals surface area (Å²) in [6.45, 7) is 2.25. The minimum Gasteiger partial charge on any atom is -0.329 e. The second-order valence-electron chi connectivity index (χ2n) is 7.69. The van der Waals surface area contributed by atoms with Crippen molar-refractivity contribution in [1.82, 2.24) is 34.4 Å². The Morgan fingerprint density at radius 1 is 1.16 bits per heavy atom. The highest BCUT2D eigenvalue weighted by Gasteiger charge is 2.38. The second kappa shape index (κ2) is 7.12. The van der Waals surface area contributed by atoms with Crippen molar-refractivity contribution in [2.75, 3.05) is 6.54 Å². The van der Waals surface area contributed by atoms with Crippen LogP contribution in [0.1, 0.15) is 40.4 Å². The summed E-state index contributed by atoms with van der Waals surface area (Å²) in [7, 11) is 2.94. The summed E-state index contributed by atoms with van der Waals surface area (Å²) < 4.78 is 43.0. The van der Waals surface area contributed by atoms with Crippen LogP contribution < -0.4 is 0 Å². The van der Waals surface area contributed by atoms with E-state index in [0.29, 0.717) is 30.0 Å². The Hall–Kier alpha value is -3.28. The number of fused-ring (bicyclic) bond motifs is 2. The zero-order chi connectivity index (χ0) is 22.8. The number of carbonyl (C=O) groups is 1. The minimum absolute atomic E-state index is 0.209. The molecule has 0 radical (unpaired) electrons. The molecule has 5 rings (SSSR count). The zero-order valence-electron chi connectivity index (χ0n) is 17.4. The molecule has 166 valence electrons. The molecule has 8 nitrogen and oxygen atoms in total. The summed E-state index contributed by atoms with van der Waals surface area (Å²) in [5, 5.41) is 8.62. The molecule has 0 bridgehead atoms. The normalized spacial score (nSPS) is 16.6. The van der Waals surface area contributed by atoms with Gasteiger partial charge in [0.1, 0.15) is 17.1 Å². The fraction of sp³-hybridized carbons (Fsp3) is 0.350. The van der Waals surface area contributed by atoms with Gasteiger partial charge < -0.3 is 4.90 Å². The quantitative estimate of drug-likeness (QED) is 0.456. The molecule has 0 saturated carbocycles. The van der Waals surface area contributed by atoms with Crippen molar-refractivity contribution in [3.8, 4) is 11.4 Å². The van der Waals surface area contributed by atoms with Crippen LogP contribution in [0.25, 0.3) is 21.6 Å². The molecule has 0 saturated heterocycles. The van der Waals surface area contributed by atoms with Crippen LogP contribution in [0, 0.1) is 0 Å². The van der Waals surface area contributed by atoms with Crippen molar-refractivity contribution in [2.45, 2.75) is 25.6 Å². The van der Waals surface area contributed by atoms with Crippen LogP contribution in [0.4, 0.5) is 13.2 Å². The van der Waals surface area contributed by atoms with Gasteiger partial charge in [0.05, 0.1) is 39.4 Å². The van der Waals surface area contributed by atoms with Crippen LogP contribution in [0.2, 0.25) is 0 Å². The number of hydrogen-bond donors (Lipinski definition) is 0. The third kappa shape index (κ3) is 3.17. The van der Waals surface area contributed by atoms with Crippen LogP contribution in [0.15, 0.2) is 23.8 Å². The summed E-state index contributed by atoms with van der Waals surface area (Å²) in [6, 6.07) is 2.40. The molecular formula is C20H18F3N7OS. The lowest BCUT2D eigenvalue weighted by molar-refractivity contribution is -0.143. The lowest BCUT2D eigenvalue weighted by atomic mass is 9.97. The van der Waals surface area contributed by atoms with Gasteiger partial charge in [0.25, 0.3) is 5.91 Å². The molecule has 4 aromatic rings. The number of pyridine rings is 1. The maximum Gasteiger partial charge on any atom is 0.433 e. The fourth-order valence-corrected chi connectivity index (χ4v) is 4.90. The maximum absolute atomic E-state index is 13.2. The van der Waals surface area contributed by atoms with Crippen LogP contribution in [-0.2, 0) is 26.7 Å². The van der Waals surface area contributed by atoms with E-state index >= 15 is 0 Å². The zero-order valence-corrected chi connectivity index (χ0v) is 18.2. The van der Waals surface area contributed by atoms with Crippen LogP contribution in [0.5, 0.6) is 0 Å². The van der Waals surface area contributed by atoms with Gasteiger partial charge in [-0.2, -0.15) is 23.4 Å². The Bertz CT molecular complexity index is 1350. The highest BCUT2D eigenvalue weighted by atomic mass is 32.1. The van der Waals surface area contributed by atoms with Gasteiger partial charge in [-0.15, -0.1) is 11.3 Å². The van der Waals surface area contributed by atoms with E-state index in [2.05, 4.69) is 20.2 Å². The molecule has 0 aliphatic carbocycles. The Morgan fingerprint density at radius 3 is 2.66 bits per heavy atom. The van der Waals surface area contributed by atoms with E-state index in [1.807, 2.05) is 6.92 Å². The summed E-state index contributed by atoms with van der Waals surface area (Å²) >= 11 is 1.44. The molecule has 1 aliphatic heterocycles. The first kappa shape index (κ1) is 20.6. The first-order valence-electron chi connectivity index (χ1n) is 9.82. The predicted molar refractivity (Wildman–Crippen MR) is 111 cm³/mol. The molecule has 1 atom stereocenters. The van der Waals surface area contributed by atoms with E-state index in [1.54, 1.807) is 34.4 Å². The number of halogens is 3. The molecule has 1 amide bonds. The number of aryl methyl sites for hydroxylation is 2. The third-order valence-corrected chi connectivity index (χ3v) is 6.54. The number of alkyl halides is 3. The Balaban J connectivity index is 1.49. The third-order valence-electron chi connectivity index (χ3n) is 5.75. The van der Waals surface area contributed by atoms with Crippen molar-refractivity contribution < 1.29 is 18.0 Å². The van der Waals surface area contributed by atoms with Crippen LogP contribution >= 0.6 is 11.3 Å². The van der Waals surface area contributed by atoms with E-state index < -0.39 is 11.9 Å². The monoisotopic (exact) mass is 461 g/mol. The number of thiazole rings is 1. The van der Waals surface area contributed by atoms with Crippen molar-refractivity contribution >= 4 is 27.5 Å². The number of rotatable bonds is 2. The van der Waals surface area contributed by atoms with Gasteiger partial charge in [-0.05, 0) is 25.5 Å². The summed E-state index contributed by atoms with van der Waals surface area (Å²) in [5.74, 6) is -0.220. The van der Waals surface area contributed by atoms with E-state index in [4.69, 9.17) is 0 Å². The van der Waals surface area contributed by atoms with E-state index in [9.17, 15) is 18.0 Å². The highest BCUT2D eigenvalue weighted by molar-refractivity contribution is 7.16. The molecule has 4 aromatic heterocycles.